The highest BCUT2D eigenvalue weighted by Crippen LogP contribution is 2.28. The Morgan fingerprint density at radius 1 is 1.26 bits per heavy atom. The molecule has 0 bridgehead atoms. The first kappa shape index (κ1) is 15.5. The molecule has 0 N–H and O–H groups in total. The molecule has 0 radical (unpaired) electrons. The molecule has 0 aliphatic carbocycles. The Hall–Kier alpha value is -2.42. The normalized spacial score (nSPS) is 11.7. The van der Waals surface area contributed by atoms with Crippen LogP contribution in [0.5, 0.6) is 0 Å². The molecule has 0 saturated heterocycles. The molecule has 4 nitrogen and oxygen atoms in total. The van der Waals surface area contributed by atoms with Gasteiger partial charge in [0.2, 0.25) is 0 Å². The van der Waals surface area contributed by atoms with Crippen LogP contribution in [0.15, 0.2) is 41.4 Å². The van der Waals surface area contributed by atoms with Crippen molar-refractivity contribution in [2.75, 3.05) is 0 Å². The van der Waals surface area contributed by atoms with Crippen molar-refractivity contribution >= 4 is 39.1 Å². The van der Waals surface area contributed by atoms with E-state index in [4.69, 9.17) is 16.9 Å². The molecule has 114 valence electrons. The van der Waals surface area contributed by atoms with Crippen molar-refractivity contribution < 1.29 is 4.79 Å². The van der Waals surface area contributed by atoms with E-state index < -0.39 is 0 Å². The highest BCUT2D eigenvalue weighted by atomic mass is 35.5. The van der Waals surface area contributed by atoms with E-state index in [2.05, 4.69) is 4.99 Å². The number of nitrogens with zero attached hydrogens (tertiary/aromatic N) is 3. The highest BCUT2D eigenvalue weighted by molar-refractivity contribution is 7.17. The second-order valence-electron chi connectivity index (χ2n) is 5.09. The molecule has 0 atom stereocenters. The summed E-state index contributed by atoms with van der Waals surface area (Å²) in [6, 6.07) is 12.2. The minimum atomic E-state index is -0.342. The predicted molar refractivity (Wildman–Crippen MR) is 91.6 cm³/mol. The lowest BCUT2D eigenvalue weighted by Crippen LogP contribution is -2.13. The Bertz CT molecular complexity index is 1020. The number of nitriles is 1. The SMILES string of the molecule is Cc1ccc(Cl)c2sc(=NC(=O)c3ccc(C#N)cc3)n(C)c12. The van der Waals surface area contributed by atoms with Crippen LogP contribution in [0.25, 0.3) is 10.2 Å². The van der Waals surface area contributed by atoms with Gasteiger partial charge in [0.1, 0.15) is 0 Å². The van der Waals surface area contributed by atoms with Gasteiger partial charge in [-0.1, -0.05) is 29.0 Å². The number of carbonyl (C=O) groups is 1. The predicted octanol–water partition coefficient (Wildman–Crippen LogP) is 3.81. The fraction of sp³-hybridized carbons (Fsp3) is 0.118. The molecule has 1 aromatic heterocycles. The quantitative estimate of drug-likeness (QED) is 0.675. The van der Waals surface area contributed by atoms with Crippen molar-refractivity contribution in [3.8, 4) is 6.07 Å². The smallest absolute Gasteiger partial charge is 0.279 e. The van der Waals surface area contributed by atoms with Gasteiger partial charge in [0, 0.05) is 12.6 Å². The zero-order valence-corrected chi connectivity index (χ0v) is 14.1. The number of aryl methyl sites for hydroxylation is 2. The van der Waals surface area contributed by atoms with E-state index in [0.29, 0.717) is 21.0 Å². The van der Waals surface area contributed by atoms with Crippen molar-refractivity contribution in [2.24, 2.45) is 12.0 Å². The molecule has 2 aromatic carbocycles. The van der Waals surface area contributed by atoms with Crippen LogP contribution in [-0.2, 0) is 7.05 Å². The van der Waals surface area contributed by atoms with E-state index in [9.17, 15) is 4.79 Å². The zero-order valence-electron chi connectivity index (χ0n) is 12.5. The molecule has 0 spiro atoms. The van der Waals surface area contributed by atoms with Crippen LogP contribution in [0.3, 0.4) is 0 Å². The molecule has 0 aliphatic rings. The summed E-state index contributed by atoms with van der Waals surface area (Å²) in [7, 11) is 1.87. The number of carbonyl (C=O) groups excluding carboxylic acids is 1. The van der Waals surface area contributed by atoms with E-state index in [1.54, 1.807) is 24.3 Å². The summed E-state index contributed by atoms with van der Waals surface area (Å²) >= 11 is 7.63. The maximum absolute atomic E-state index is 12.3. The first-order chi connectivity index (χ1) is 11.0. The number of rotatable bonds is 1. The number of hydrogen-bond acceptors (Lipinski definition) is 3. The second kappa shape index (κ2) is 5.99. The van der Waals surface area contributed by atoms with Crippen LogP contribution in [-0.4, -0.2) is 10.5 Å². The Balaban J connectivity index is 2.12. The van der Waals surface area contributed by atoms with Gasteiger partial charge in [-0.05, 0) is 42.8 Å². The molecule has 0 aliphatic heterocycles. The summed E-state index contributed by atoms with van der Waals surface area (Å²) < 4.78 is 2.79. The van der Waals surface area contributed by atoms with Gasteiger partial charge < -0.3 is 4.57 Å². The Morgan fingerprint density at radius 3 is 2.57 bits per heavy atom. The Morgan fingerprint density at radius 2 is 1.96 bits per heavy atom. The first-order valence-electron chi connectivity index (χ1n) is 6.85. The third-order valence-electron chi connectivity index (χ3n) is 3.56. The number of aromatic nitrogens is 1. The van der Waals surface area contributed by atoms with Crippen molar-refractivity contribution in [1.29, 1.82) is 5.26 Å². The lowest BCUT2D eigenvalue weighted by Gasteiger charge is -2.00. The van der Waals surface area contributed by atoms with Crippen LogP contribution in [0, 0.1) is 18.3 Å². The maximum atomic E-state index is 12.3. The number of halogens is 1. The van der Waals surface area contributed by atoms with Crippen molar-refractivity contribution in [1.82, 2.24) is 4.57 Å². The molecular weight excluding hydrogens is 330 g/mol. The molecule has 0 unspecified atom stereocenters. The molecule has 3 aromatic rings. The van der Waals surface area contributed by atoms with Crippen LogP contribution in [0.2, 0.25) is 5.02 Å². The van der Waals surface area contributed by atoms with Gasteiger partial charge in [0.25, 0.3) is 5.91 Å². The van der Waals surface area contributed by atoms with Crippen molar-refractivity contribution in [3.05, 3.63) is 62.9 Å². The lowest BCUT2D eigenvalue weighted by atomic mass is 10.1. The van der Waals surface area contributed by atoms with Crippen LogP contribution < -0.4 is 4.80 Å². The molecular formula is C17H12ClN3OS. The summed E-state index contributed by atoms with van der Waals surface area (Å²) in [6.45, 7) is 2.00. The van der Waals surface area contributed by atoms with E-state index in [0.717, 1.165) is 15.8 Å². The van der Waals surface area contributed by atoms with Crippen LogP contribution >= 0.6 is 22.9 Å². The van der Waals surface area contributed by atoms with E-state index in [1.165, 1.54) is 11.3 Å². The topological polar surface area (TPSA) is 58.1 Å². The van der Waals surface area contributed by atoms with Gasteiger partial charge in [-0.3, -0.25) is 4.79 Å². The zero-order chi connectivity index (χ0) is 16.6. The van der Waals surface area contributed by atoms with Gasteiger partial charge in [0.15, 0.2) is 4.80 Å². The van der Waals surface area contributed by atoms with Crippen LogP contribution in [0.1, 0.15) is 21.5 Å². The molecule has 0 fully saturated rings. The summed E-state index contributed by atoms with van der Waals surface area (Å²) in [5.74, 6) is -0.342. The average Bonchev–Trinajstić information content (AvgIpc) is 2.89. The summed E-state index contributed by atoms with van der Waals surface area (Å²) in [5, 5.41) is 9.45. The highest BCUT2D eigenvalue weighted by Gasteiger charge is 2.11. The largest absolute Gasteiger partial charge is 0.319 e. The van der Waals surface area contributed by atoms with Gasteiger partial charge in [-0.2, -0.15) is 10.3 Å². The number of benzene rings is 2. The van der Waals surface area contributed by atoms with Gasteiger partial charge in [0.05, 0.1) is 26.9 Å². The van der Waals surface area contributed by atoms with Gasteiger partial charge in [-0.25, -0.2) is 0 Å². The minimum Gasteiger partial charge on any atom is -0.319 e. The number of hydrogen-bond donors (Lipinski definition) is 0. The van der Waals surface area contributed by atoms with Crippen molar-refractivity contribution in [3.63, 3.8) is 0 Å². The van der Waals surface area contributed by atoms with Gasteiger partial charge >= 0.3 is 0 Å². The third kappa shape index (κ3) is 2.79. The summed E-state index contributed by atoms with van der Waals surface area (Å²) in [6.07, 6.45) is 0. The molecule has 3 rings (SSSR count). The second-order valence-corrected chi connectivity index (χ2v) is 6.48. The lowest BCUT2D eigenvalue weighted by molar-refractivity contribution is 0.0998. The fourth-order valence-electron chi connectivity index (χ4n) is 2.35. The van der Waals surface area contributed by atoms with E-state index >= 15 is 0 Å². The first-order valence-corrected chi connectivity index (χ1v) is 8.04. The number of amides is 1. The number of thiazole rings is 1. The summed E-state index contributed by atoms with van der Waals surface area (Å²) in [5.41, 5.74) is 3.02. The standard InChI is InChI=1S/C17H12ClN3OS/c1-10-3-8-13(18)15-14(10)21(2)17(23-15)20-16(22)12-6-4-11(9-19)5-7-12/h3-8H,1-2H3. The summed E-state index contributed by atoms with van der Waals surface area (Å²) in [4.78, 5) is 17.1. The maximum Gasteiger partial charge on any atom is 0.279 e. The van der Waals surface area contributed by atoms with Crippen LogP contribution in [0.4, 0.5) is 0 Å². The molecule has 0 saturated carbocycles. The number of fused-ring (bicyclic) bond motifs is 1. The Labute approximate surface area is 141 Å². The Kier molecular flexibility index (Phi) is 4.03. The molecule has 1 heterocycles. The average molecular weight is 342 g/mol. The third-order valence-corrected chi connectivity index (χ3v) is 5.15. The molecule has 23 heavy (non-hydrogen) atoms. The molecule has 1 amide bonds. The fourth-order valence-corrected chi connectivity index (χ4v) is 3.72. The van der Waals surface area contributed by atoms with E-state index in [-0.39, 0.29) is 5.91 Å². The van der Waals surface area contributed by atoms with E-state index in [1.807, 2.05) is 36.7 Å². The minimum absolute atomic E-state index is 0.342. The monoisotopic (exact) mass is 341 g/mol. The van der Waals surface area contributed by atoms with Gasteiger partial charge in [-0.15, -0.1) is 0 Å². The van der Waals surface area contributed by atoms with Crippen molar-refractivity contribution in [2.45, 2.75) is 6.92 Å². The molecule has 6 heteroatoms.